The molecule has 3 nitrogen and oxygen atoms in total. The molecule has 0 heterocycles. The van der Waals surface area contributed by atoms with Gasteiger partial charge in [-0.2, -0.15) is 0 Å². The van der Waals surface area contributed by atoms with E-state index in [2.05, 4.69) is 11.3 Å². The Morgan fingerprint density at radius 1 is 1.89 bits per heavy atom. The van der Waals surface area contributed by atoms with Crippen LogP contribution in [-0.4, -0.2) is 24.3 Å². The van der Waals surface area contributed by atoms with Crippen molar-refractivity contribution >= 4 is 5.97 Å². The summed E-state index contributed by atoms with van der Waals surface area (Å²) >= 11 is 0. The van der Waals surface area contributed by atoms with E-state index in [-0.39, 0.29) is 14.6 Å². The summed E-state index contributed by atoms with van der Waals surface area (Å²) in [5.74, 6) is -0.455. The van der Waals surface area contributed by atoms with Crippen molar-refractivity contribution in [3.63, 3.8) is 0 Å². The van der Waals surface area contributed by atoms with E-state index in [1.807, 2.05) is 0 Å². The van der Waals surface area contributed by atoms with Crippen molar-refractivity contribution in [1.29, 1.82) is 0 Å². The lowest BCUT2D eigenvalue weighted by Gasteiger charge is -1.99. The van der Waals surface area contributed by atoms with Gasteiger partial charge in [-0.25, -0.2) is 4.79 Å². The first-order valence-electron chi connectivity index (χ1n) is 2.62. The summed E-state index contributed by atoms with van der Waals surface area (Å²) in [5, 5.41) is 8.19. The Morgan fingerprint density at radius 2 is 2.44 bits per heavy atom. The fourth-order valence-electron chi connectivity index (χ4n) is 0.262. The van der Waals surface area contributed by atoms with Gasteiger partial charge in [0.2, 0.25) is 0 Å². The van der Waals surface area contributed by atoms with E-state index in [0.29, 0.717) is 5.57 Å². The van der Waals surface area contributed by atoms with Gasteiger partial charge in [0, 0.05) is 5.57 Å². The molecule has 0 spiro atoms. The molecular formula is C6H11O3+. The molecule has 0 aliphatic carbocycles. The van der Waals surface area contributed by atoms with Crippen LogP contribution in [0.5, 0.6) is 0 Å². The van der Waals surface area contributed by atoms with Gasteiger partial charge in [0.1, 0.15) is 6.61 Å². The molecule has 52 valence electrons. The molecular weight excluding hydrogens is 120 g/mol. The molecule has 0 saturated heterocycles. The molecule has 0 saturated carbocycles. The van der Waals surface area contributed by atoms with Crippen molar-refractivity contribution in [1.82, 2.24) is 0 Å². The number of hydrogen-bond acceptors (Lipinski definition) is 3. The highest BCUT2D eigenvalue weighted by Crippen LogP contribution is 1.89. The van der Waals surface area contributed by atoms with Gasteiger partial charge in [-0.15, -0.1) is 0 Å². The third-order valence-electron chi connectivity index (χ3n) is 0.673. The SMILES string of the molecule is C=C(C)C(=O)OCCO.[H+]. The first kappa shape index (κ1) is 8.17. The van der Waals surface area contributed by atoms with Crippen LogP contribution in [0, 0.1) is 0 Å². The van der Waals surface area contributed by atoms with Gasteiger partial charge in [-0.05, 0) is 6.92 Å². The van der Waals surface area contributed by atoms with E-state index in [9.17, 15) is 4.79 Å². The highest BCUT2D eigenvalue weighted by Gasteiger charge is 1.99. The highest BCUT2D eigenvalue weighted by atomic mass is 16.5. The minimum atomic E-state index is -0.455. The van der Waals surface area contributed by atoms with Crippen LogP contribution in [0.3, 0.4) is 0 Å². The summed E-state index contributed by atoms with van der Waals surface area (Å²) in [5.41, 5.74) is 0.350. The fraction of sp³-hybridized carbons (Fsp3) is 0.500. The quantitative estimate of drug-likeness (QED) is 0.440. The number of carbonyl (C=O) groups is 1. The van der Waals surface area contributed by atoms with Crippen LogP contribution in [0.2, 0.25) is 0 Å². The van der Waals surface area contributed by atoms with Crippen LogP contribution in [0.25, 0.3) is 0 Å². The topological polar surface area (TPSA) is 46.5 Å². The number of esters is 1. The van der Waals surface area contributed by atoms with Crippen LogP contribution in [0.15, 0.2) is 12.2 Å². The third-order valence-corrected chi connectivity index (χ3v) is 0.673. The lowest BCUT2D eigenvalue weighted by atomic mass is 10.4. The second-order valence-corrected chi connectivity index (χ2v) is 1.64. The summed E-state index contributed by atoms with van der Waals surface area (Å²) in [7, 11) is 0. The Labute approximate surface area is 55.4 Å². The Hall–Kier alpha value is -0.830. The van der Waals surface area contributed by atoms with Gasteiger partial charge in [0.15, 0.2) is 0 Å². The summed E-state index contributed by atoms with van der Waals surface area (Å²) in [6.07, 6.45) is 0. The largest absolute Gasteiger partial charge is 1.00 e. The molecule has 0 aliphatic heterocycles. The summed E-state index contributed by atoms with van der Waals surface area (Å²) in [6, 6.07) is 0. The molecule has 0 unspecified atom stereocenters. The molecule has 1 N–H and O–H groups in total. The number of aliphatic hydroxyl groups excluding tert-OH is 1. The van der Waals surface area contributed by atoms with Crippen LogP contribution in [0.1, 0.15) is 8.35 Å². The maximum absolute atomic E-state index is 10.5. The minimum Gasteiger partial charge on any atom is -0.460 e. The van der Waals surface area contributed by atoms with Gasteiger partial charge in [-0.1, -0.05) is 6.58 Å². The maximum atomic E-state index is 10.5. The van der Waals surface area contributed by atoms with Gasteiger partial charge in [-0.3, -0.25) is 0 Å². The molecule has 0 amide bonds. The van der Waals surface area contributed by atoms with Crippen molar-refractivity contribution in [3.05, 3.63) is 12.2 Å². The molecule has 0 atom stereocenters. The number of aliphatic hydroxyl groups is 1. The average Bonchev–Trinajstić information content (AvgIpc) is 1.82. The number of rotatable bonds is 3. The number of hydrogen-bond donors (Lipinski definition) is 1. The second kappa shape index (κ2) is 4.09. The van der Waals surface area contributed by atoms with Crippen LogP contribution >= 0.6 is 0 Å². The van der Waals surface area contributed by atoms with Crippen molar-refractivity contribution in [2.45, 2.75) is 6.92 Å². The third kappa shape index (κ3) is 3.73. The molecule has 0 radical (unpaired) electrons. The highest BCUT2D eigenvalue weighted by molar-refractivity contribution is 5.86. The van der Waals surface area contributed by atoms with Crippen molar-refractivity contribution in [2.24, 2.45) is 0 Å². The number of ether oxygens (including phenoxy) is 1. The van der Waals surface area contributed by atoms with E-state index in [1.165, 1.54) is 0 Å². The van der Waals surface area contributed by atoms with Gasteiger partial charge in [0.05, 0.1) is 6.61 Å². The minimum absolute atomic E-state index is 0. The van der Waals surface area contributed by atoms with E-state index >= 15 is 0 Å². The van der Waals surface area contributed by atoms with Crippen molar-refractivity contribution in [2.75, 3.05) is 13.2 Å². The molecule has 0 aromatic rings. The molecule has 0 fully saturated rings. The standard InChI is InChI=1S/C6H10O3/c1-5(2)6(8)9-4-3-7/h7H,1,3-4H2,2H3/p+1. The lowest BCUT2D eigenvalue weighted by molar-refractivity contribution is -0.139. The van der Waals surface area contributed by atoms with Gasteiger partial charge in [0.25, 0.3) is 0 Å². The zero-order valence-corrected chi connectivity index (χ0v) is 5.39. The van der Waals surface area contributed by atoms with Crippen LogP contribution in [-0.2, 0) is 9.53 Å². The van der Waals surface area contributed by atoms with Crippen LogP contribution in [0.4, 0.5) is 0 Å². The Kier molecular flexibility index (Phi) is 3.71. The summed E-state index contributed by atoms with van der Waals surface area (Å²) in [4.78, 5) is 10.5. The monoisotopic (exact) mass is 131 g/mol. The second-order valence-electron chi connectivity index (χ2n) is 1.64. The normalized spacial score (nSPS) is 8.67. The predicted molar refractivity (Wildman–Crippen MR) is 34.0 cm³/mol. The Balaban J connectivity index is 0. The van der Waals surface area contributed by atoms with Crippen molar-refractivity contribution < 1.29 is 16.1 Å². The molecule has 9 heavy (non-hydrogen) atoms. The first-order valence-corrected chi connectivity index (χ1v) is 2.62. The van der Waals surface area contributed by atoms with E-state index in [4.69, 9.17) is 5.11 Å². The zero-order chi connectivity index (χ0) is 7.28. The fourth-order valence-corrected chi connectivity index (χ4v) is 0.262. The average molecular weight is 131 g/mol. The van der Waals surface area contributed by atoms with Gasteiger partial charge < -0.3 is 9.84 Å². The number of carbonyl (C=O) groups excluding carboxylic acids is 1. The molecule has 0 aliphatic rings. The molecule has 0 rings (SSSR count). The summed E-state index contributed by atoms with van der Waals surface area (Å²) in [6.45, 7) is 4.81. The maximum Gasteiger partial charge on any atom is 1.00 e. The van der Waals surface area contributed by atoms with Gasteiger partial charge >= 0.3 is 7.40 Å². The molecule has 0 aromatic heterocycles. The van der Waals surface area contributed by atoms with Crippen LogP contribution < -0.4 is 0 Å². The molecule has 0 aromatic carbocycles. The van der Waals surface area contributed by atoms with E-state index in [1.54, 1.807) is 6.92 Å². The van der Waals surface area contributed by atoms with E-state index < -0.39 is 5.97 Å². The first-order chi connectivity index (χ1) is 4.18. The summed E-state index contributed by atoms with van der Waals surface area (Å²) < 4.78 is 4.46. The van der Waals surface area contributed by atoms with Crippen molar-refractivity contribution in [3.8, 4) is 0 Å². The molecule has 0 bridgehead atoms. The lowest BCUT2D eigenvalue weighted by Crippen LogP contribution is -2.08. The smallest absolute Gasteiger partial charge is 0.460 e. The predicted octanol–water partition coefficient (Wildman–Crippen LogP) is 0.211. The molecule has 3 heteroatoms. The Morgan fingerprint density at radius 3 is 2.78 bits per heavy atom. The Bertz CT molecular complexity index is 122. The zero-order valence-electron chi connectivity index (χ0n) is 6.39. The van der Waals surface area contributed by atoms with E-state index in [0.717, 1.165) is 0 Å².